The summed E-state index contributed by atoms with van der Waals surface area (Å²) in [5, 5.41) is 4.21. The van der Waals surface area contributed by atoms with Crippen LogP contribution in [0.25, 0.3) is 16.9 Å². The molecule has 5 rings (SSSR count). The average molecular weight is 442 g/mol. The van der Waals surface area contributed by atoms with E-state index in [-0.39, 0.29) is 29.2 Å². The minimum atomic E-state index is -3.84. The van der Waals surface area contributed by atoms with E-state index in [1.165, 1.54) is 10.6 Å². The van der Waals surface area contributed by atoms with Crippen LogP contribution in [0.4, 0.5) is 5.82 Å². The van der Waals surface area contributed by atoms with Gasteiger partial charge >= 0.3 is 0 Å². The number of rotatable bonds is 3. The number of hydrogen-bond acceptors (Lipinski definition) is 7. The van der Waals surface area contributed by atoms with Gasteiger partial charge in [0.25, 0.3) is 0 Å². The van der Waals surface area contributed by atoms with E-state index in [1.54, 1.807) is 28.9 Å². The molecule has 162 valence electrons. The van der Waals surface area contributed by atoms with Crippen LogP contribution in [0, 0.1) is 6.92 Å². The Hall–Kier alpha value is -3.05. The van der Waals surface area contributed by atoms with Gasteiger partial charge in [-0.25, -0.2) is 22.9 Å². The van der Waals surface area contributed by atoms with E-state index in [0.29, 0.717) is 30.0 Å². The van der Waals surface area contributed by atoms with Crippen LogP contribution >= 0.6 is 0 Å². The number of imidazole rings is 1. The number of nitrogens with two attached hydrogens (primary N) is 1. The third-order valence-corrected chi connectivity index (χ3v) is 7.93. The maximum absolute atomic E-state index is 13.4. The number of nitrogens with zero attached hydrogens (tertiary/aromatic N) is 6. The number of aryl methyl sites for hydroxylation is 1. The summed E-state index contributed by atoms with van der Waals surface area (Å²) in [4.78, 5) is 22.8. The van der Waals surface area contributed by atoms with Crippen LogP contribution in [-0.2, 0) is 14.8 Å². The van der Waals surface area contributed by atoms with Gasteiger partial charge in [-0.3, -0.25) is 4.79 Å². The number of amides is 1. The number of benzene rings is 1. The van der Waals surface area contributed by atoms with Gasteiger partial charge in [0, 0.05) is 24.7 Å². The second-order valence-corrected chi connectivity index (χ2v) is 9.97. The number of fused-ring (bicyclic) bond motifs is 2. The molecule has 3 aromatic rings. The predicted octanol–water partition coefficient (Wildman–Crippen LogP) is 1.07. The number of piperazine rings is 1. The molecule has 1 amide bonds. The Bertz CT molecular complexity index is 1290. The summed E-state index contributed by atoms with van der Waals surface area (Å²) in [7, 11) is -3.84. The Morgan fingerprint density at radius 2 is 2.03 bits per heavy atom. The normalized spacial score (nSPS) is 20.2. The van der Waals surface area contributed by atoms with Crippen molar-refractivity contribution in [3.05, 3.63) is 36.3 Å². The molecule has 2 aliphatic rings. The molecule has 2 N–H and O–H groups in total. The summed E-state index contributed by atoms with van der Waals surface area (Å²) in [5.74, 6) is 0.118. The molecule has 1 unspecified atom stereocenters. The van der Waals surface area contributed by atoms with Crippen molar-refractivity contribution in [2.75, 3.05) is 25.4 Å². The molecule has 2 aromatic heterocycles. The van der Waals surface area contributed by atoms with E-state index in [0.717, 1.165) is 24.8 Å². The zero-order chi connectivity index (χ0) is 21.8. The Labute approximate surface area is 179 Å². The number of carbonyl (C=O) groups excluding carboxylic acids is 1. The molecule has 0 bridgehead atoms. The topological polar surface area (TPSA) is 127 Å². The van der Waals surface area contributed by atoms with E-state index in [9.17, 15) is 13.2 Å². The fourth-order valence-corrected chi connectivity index (χ4v) is 5.90. The van der Waals surface area contributed by atoms with E-state index in [1.807, 2.05) is 11.8 Å². The van der Waals surface area contributed by atoms with Crippen LogP contribution in [0.3, 0.4) is 0 Å². The molecule has 31 heavy (non-hydrogen) atoms. The van der Waals surface area contributed by atoms with Crippen molar-refractivity contribution in [1.82, 2.24) is 28.8 Å². The number of nitrogen functional groups attached to an aromatic ring is 1. The molecule has 0 radical (unpaired) electrons. The minimum absolute atomic E-state index is 0.0480. The number of carbonyl (C=O) groups is 1. The van der Waals surface area contributed by atoms with Gasteiger partial charge in [-0.15, -0.1) is 0 Å². The van der Waals surface area contributed by atoms with E-state index in [4.69, 9.17) is 5.73 Å². The highest BCUT2D eigenvalue weighted by Gasteiger charge is 2.39. The maximum Gasteiger partial charge on any atom is 0.243 e. The zero-order valence-corrected chi connectivity index (χ0v) is 17.9. The number of anilines is 1. The highest BCUT2D eigenvalue weighted by atomic mass is 32.2. The van der Waals surface area contributed by atoms with Crippen molar-refractivity contribution < 1.29 is 13.2 Å². The summed E-state index contributed by atoms with van der Waals surface area (Å²) >= 11 is 0. The van der Waals surface area contributed by atoms with E-state index in [2.05, 4.69) is 15.1 Å². The maximum atomic E-state index is 13.4. The van der Waals surface area contributed by atoms with Gasteiger partial charge in [-0.2, -0.15) is 9.40 Å². The Morgan fingerprint density at radius 3 is 2.87 bits per heavy atom. The molecule has 0 saturated carbocycles. The van der Waals surface area contributed by atoms with Gasteiger partial charge in [0.15, 0.2) is 11.5 Å². The first kappa shape index (κ1) is 19.9. The fourth-order valence-electron chi connectivity index (χ4n) is 4.45. The molecular formula is C20H23N7O3S. The third-order valence-electron chi connectivity index (χ3n) is 6.13. The molecule has 11 heteroatoms. The van der Waals surface area contributed by atoms with Crippen LogP contribution in [0.5, 0.6) is 0 Å². The summed E-state index contributed by atoms with van der Waals surface area (Å²) in [6.45, 7) is 2.81. The molecule has 0 aliphatic carbocycles. The highest BCUT2D eigenvalue weighted by molar-refractivity contribution is 7.89. The van der Waals surface area contributed by atoms with Crippen LogP contribution < -0.4 is 5.73 Å². The number of aromatic nitrogens is 4. The average Bonchev–Trinajstić information content (AvgIpc) is 3.19. The highest BCUT2D eigenvalue weighted by Crippen LogP contribution is 2.30. The van der Waals surface area contributed by atoms with Crippen molar-refractivity contribution in [2.24, 2.45) is 0 Å². The van der Waals surface area contributed by atoms with Gasteiger partial charge < -0.3 is 10.6 Å². The monoisotopic (exact) mass is 441 g/mol. The van der Waals surface area contributed by atoms with Gasteiger partial charge in [0.1, 0.15) is 6.33 Å². The van der Waals surface area contributed by atoms with Crippen LogP contribution in [0.1, 0.15) is 24.8 Å². The number of piperidine rings is 1. The van der Waals surface area contributed by atoms with Gasteiger partial charge in [-0.05, 0) is 43.9 Å². The Balaban J connectivity index is 1.54. The molecule has 2 aliphatic heterocycles. The second-order valence-electron chi connectivity index (χ2n) is 8.04. The summed E-state index contributed by atoms with van der Waals surface area (Å²) in [6, 6.07) is 4.90. The van der Waals surface area contributed by atoms with E-state index >= 15 is 0 Å². The molecule has 1 aromatic carbocycles. The number of sulfonamides is 1. The van der Waals surface area contributed by atoms with Crippen molar-refractivity contribution in [3.63, 3.8) is 0 Å². The zero-order valence-electron chi connectivity index (χ0n) is 17.1. The summed E-state index contributed by atoms with van der Waals surface area (Å²) < 4.78 is 29.7. The molecule has 0 spiro atoms. The quantitative estimate of drug-likeness (QED) is 0.644. The molecule has 4 heterocycles. The van der Waals surface area contributed by atoms with Crippen molar-refractivity contribution in [2.45, 2.75) is 37.1 Å². The summed E-state index contributed by atoms with van der Waals surface area (Å²) in [5.41, 5.74) is 8.44. The van der Waals surface area contributed by atoms with Crippen LogP contribution in [-0.4, -0.2) is 68.8 Å². The van der Waals surface area contributed by atoms with Gasteiger partial charge in [-0.1, -0.05) is 6.07 Å². The molecular weight excluding hydrogens is 418 g/mol. The predicted molar refractivity (Wildman–Crippen MR) is 113 cm³/mol. The first-order valence-corrected chi connectivity index (χ1v) is 11.6. The Morgan fingerprint density at radius 1 is 1.19 bits per heavy atom. The summed E-state index contributed by atoms with van der Waals surface area (Å²) in [6.07, 6.45) is 5.75. The smallest absolute Gasteiger partial charge is 0.243 e. The van der Waals surface area contributed by atoms with Crippen LogP contribution in [0.2, 0.25) is 0 Å². The molecule has 10 nitrogen and oxygen atoms in total. The third kappa shape index (κ3) is 3.24. The number of hydrogen-bond donors (Lipinski definition) is 1. The van der Waals surface area contributed by atoms with Crippen molar-refractivity contribution in [3.8, 4) is 11.3 Å². The van der Waals surface area contributed by atoms with Crippen molar-refractivity contribution >= 4 is 27.4 Å². The van der Waals surface area contributed by atoms with Crippen molar-refractivity contribution in [1.29, 1.82) is 0 Å². The lowest BCUT2D eigenvalue weighted by Gasteiger charge is -2.43. The molecule has 2 fully saturated rings. The first-order valence-electron chi connectivity index (χ1n) is 10.2. The largest absolute Gasteiger partial charge is 0.381 e. The standard InChI is InChI=1S/C20H23N7O3S/c1-13-5-6-15(8-16(13)17-9-22-20-19(21)23-12-24-27(17)20)31(29,30)25-10-14-4-2-3-7-26(14)18(28)11-25/h5-6,8-9,12,14H,2-4,7,10-11H2,1H3,(H2,21,23,24). The molecule has 1 atom stereocenters. The first-order chi connectivity index (χ1) is 14.9. The van der Waals surface area contributed by atoms with Crippen LogP contribution in [0.15, 0.2) is 35.6 Å². The molecule has 2 saturated heterocycles. The second kappa shape index (κ2) is 7.27. The van der Waals surface area contributed by atoms with Gasteiger partial charge in [0.05, 0.1) is 23.3 Å². The SMILES string of the molecule is Cc1ccc(S(=O)(=O)N2CC(=O)N3CCCCC3C2)cc1-c1cnc2c(N)ncnn12. The lowest BCUT2D eigenvalue weighted by atomic mass is 10.0. The Kier molecular flexibility index (Phi) is 4.67. The van der Waals surface area contributed by atoms with Gasteiger partial charge in [0.2, 0.25) is 15.9 Å². The minimum Gasteiger partial charge on any atom is -0.381 e. The lowest BCUT2D eigenvalue weighted by molar-refractivity contribution is -0.139. The fraction of sp³-hybridized carbons (Fsp3) is 0.400. The van der Waals surface area contributed by atoms with E-state index < -0.39 is 10.0 Å². The lowest BCUT2D eigenvalue weighted by Crippen LogP contribution is -2.59.